The summed E-state index contributed by atoms with van der Waals surface area (Å²) in [6, 6.07) is 1.78. The molecule has 0 radical (unpaired) electrons. The van der Waals surface area contributed by atoms with Gasteiger partial charge < -0.3 is 15.4 Å². The van der Waals surface area contributed by atoms with Gasteiger partial charge in [-0.3, -0.25) is 9.69 Å². The van der Waals surface area contributed by atoms with Crippen molar-refractivity contribution in [2.75, 3.05) is 38.5 Å². The number of likely N-dealkylation sites (tertiary alicyclic amines) is 1. The zero-order valence-electron chi connectivity index (χ0n) is 17.3. The quantitative estimate of drug-likeness (QED) is 0.765. The Morgan fingerprint density at radius 3 is 2.76 bits per heavy atom. The van der Waals surface area contributed by atoms with Crippen LogP contribution in [-0.4, -0.2) is 78.6 Å². The number of morpholine rings is 1. The molecule has 0 saturated carbocycles. The molecule has 0 aliphatic carbocycles. The first kappa shape index (κ1) is 19.8. The molecule has 10 heteroatoms. The van der Waals surface area contributed by atoms with Crippen LogP contribution in [0, 0.1) is 6.92 Å². The standard InChI is InChI=1S/C19H30N8O2/c1-3-26-17(21-14-22-26)11-24-6-4-19(5-7-24)13-25(8-9-29-19)18(28)12-27-16(20)10-15(2)23-27/h10,14H,3-9,11-13,20H2,1-2H3. The first-order valence-electron chi connectivity index (χ1n) is 10.3. The van der Waals surface area contributed by atoms with E-state index < -0.39 is 0 Å². The minimum Gasteiger partial charge on any atom is -0.384 e. The van der Waals surface area contributed by atoms with E-state index in [0.717, 1.165) is 50.5 Å². The molecule has 1 spiro atoms. The average Bonchev–Trinajstić information content (AvgIpc) is 3.29. The van der Waals surface area contributed by atoms with Crippen LogP contribution in [0.1, 0.15) is 31.3 Å². The summed E-state index contributed by atoms with van der Waals surface area (Å²) in [6.07, 6.45) is 3.42. The van der Waals surface area contributed by atoms with Crippen LogP contribution in [-0.2, 0) is 29.2 Å². The summed E-state index contributed by atoms with van der Waals surface area (Å²) in [4.78, 5) is 21.5. The van der Waals surface area contributed by atoms with E-state index in [1.54, 1.807) is 17.1 Å². The van der Waals surface area contributed by atoms with E-state index in [1.807, 2.05) is 16.5 Å². The molecule has 2 saturated heterocycles. The van der Waals surface area contributed by atoms with Gasteiger partial charge in [-0.05, 0) is 26.7 Å². The number of nitrogen functional groups attached to an aromatic ring is 1. The predicted molar refractivity (Wildman–Crippen MR) is 107 cm³/mol. The Labute approximate surface area is 170 Å². The SMILES string of the molecule is CCn1ncnc1CN1CCC2(CC1)CN(C(=O)Cn1nc(C)cc1N)CCO2. The van der Waals surface area contributed by atoms with Crippen molar-refractivity contribution < 1.29 is 9.53 Å². The van der Waals surface area contributed by atoms with Crippen molar-refractivity contribution in [1.29, 1.82) is 0 Å². The first-order chi connectivity index (χ1) is 14.0. The van der Waals surface area contributed by atoms with Crippen LogP contribution in [0.15, 0.2) is 12.4 Å². The van der Waals surface area contributed by atoms with Crippen LogP contribution in [0.5, 0.6) is 0 Å². The molecule has 4 heterocycles. The van der Waals surface area contributed by atoms with Crippen LogP contribution < -0.4 is 5.73 Å². The summed E-state index contributed by atoms with van der Waals surface area (Å²) in [7, 11) is 0. The summed E-state index contributed by atoms with van der Waals surface area (Å²) in [5.41, 5.74) is 6.50. The number of hydrogen-bond donors (Lipinski definition) is 1. The lowest BCUT2D eigenvalue weighted by atomic mass is 9.89. The molecule has 29 heavy (non-hydrogen) atoms. The summed E-state index contributed by atoms with van der Waals surface area (Å²) < 4.78 is 9.70. The van der Waals surface area contributed by atoms with Gasteiger partial charge in [0.25, 0.3) is 0 Å². The van der Waals surface area contributed by atoms with Crippen molar-refractivity contribution in [1.82, 2.24) is 34.3 Å². The minimum absolute atomic E-state index is 0.0425. The van der Waals surface area contributed by atoms with E-state index in [9.17, 15) is 4.79 Å². The van der Waals surface area contributed by atoms with Crippen molar-refractivity contribution in [2.24, 2.45) is 0 Å². The molecule has 0 atom stereocenters. The summed E-state index contributed by atoms with van der Waals surface area (Å²) in [5, 5.41) is 8.55. The van der Waals surface area contributed by atoms with Crippen LogP contribution >= 0.6 is 0 Å². The van der Waals surface area contributed by atoms with Crippen LogP contribution in [0.4, 0.5) is 5.82 Å². The molecular formula is C19H30N8O2. The molecule has 0 unspecified atom stereocenters. The highest BCUT2D eigenvalue weighted by molar-refractivity contribution is 5.76. The molecule has 1 amide bonds. The number of piperidine rings is 1. The Hall–Kier alpha value is -2.46. The van der Waals surface area contributed by atoms with Gasteiger partial charge >= 0.3 is 0 Å². The molecule has 158 valence electrons. The normalized spacial score (nSPS) is 19.7. The summed E-state index contributed by atoms with van der Waals surface area (Å²) >= 11 is 0. The van der Waals surface area contributed by atoms with E-state index >= 15 is 0 Å². The van der Waals surface area contributed by atoms with Gasteiger partial charge in [-0.2, -0.15) is 10.2 Å². The van der Waals surface area contributed by atoms with Gasteiger partial charge in [0, 0.05) is 38.8 Å². The van der Waals surface area contributed by atoms with E-state index in [4.69, 9.17) is 10.5 Å². The maximum atomic E-state index is 12.8. The van der Waals surface area contributed by atoms with Crippen molar-refractivity contribution in [2.45, 2.75) is 51.9 Å². The largest absolute Gasteiger partial charge is 0.384 e. The number of hydrogen-bond acceptors (Lipinski definition) is 7. The van der Waals surface area contributed by atoms with Gasteiger partial charge in [0.15, 0.2) is 0 Å². The first-order valence-corrected chi connectivity index (χ1v) is 10.3. The maximum absolute atomic E-state index is 12.8. The van der Waals surface area contributed by atoms with Gasteiger partial charge in [0.05, 0.1) is 24.4 Å². The number of carbonyl (C=O) groups excluding carboxylic acids is 1. The number of nitrogens with two attached hydrogens (primary N) is 1. The Bertz CT molecular complexity index is 852. The third-order valence-corrected chi connectivity index (χ3v) is 5.95. The highest BCUT2D eigenvalue weighted by Crippen LogP contribution is 2.30. The zero-order chi connectivity index (χ0) is 20.4. The molecule has 2 aromatic rings. The zero-order valence-corrected chi connectivity index (χ0v) is 17.3. The molecule has 2 aliphatic heterocycles. The van der Waals surface area contributed by atoms with Crippen molar-refractivity contribution in [3.8, 4) is 0 Å². The van der Waals surface area contributed by atoms with Crippen LogP contribution in [0.25, 0.3) is 0 Å². The fourth-order valence-corrected chi connectivity index (χ4v) is 4.27. The third kappa shape index (κ3) is 4.27. The highest BCUT2D eigenvalue weighted by Gasteiger charge is 2.41. The van der Waals surface area contributed by atoms with E-state index in [0.29, 0.717) is 25.5 Å². The lowest BCUT2D eigenvalue weighted by molar-refractivity contribution is -0.160. The highest BCUT2D eigenvalue weighted by atomic mass is 16.5. The lowest BCUT2D eigenvalue weighted by Gasteiger charge is -2.47. The second-order valence-corrected chi connectivity index (χ2v) is 7.98. The van der Waals surface area contributed by atoms with Crippen LogP contribution in [0.2, 0.25) is 0 Å². The predicted octanol–water partition coefficient (Wildman–Crippen LogP) is 0.279. The molecular weight excluding hydrogens is 372 g/mol. The Morgan fingerprint density at radius 2 is 2.07 bits per heavy atom. The van der Waals surface area contributed by atoms with Crippen molar-refractivity contribution >= 4 is 11.7 Å². The topological polar surface area (TPSA) is 107 Å². The van der Waals surface area contributed by atoms with E-state index in [-0.39, 0.29) is 18.1 Å². The molecule has 2 aliphatic rings. The summed E-state index contributed by atoms with van der Waals surface area (Å²) in [5.74, 6) is 1.56. The molecule has 0 aromatic carbocycles. The monoisotopic (exact) mass is 402 g/mol. The van der Waals surface area contributed by atoms with Gasteiger partial charge in [-0.25, -0.2) is 14.3 Å². The molecule has 2 aromatic heterocycles. The van der Waals surface area contributed by atoms with Crippen molar-refractivity contribution in [3.05, 3.63) is 23.9 Å². The molecule has 2 fully saturated rings. The van der Waals surface area contributed by atoms with Crippen molar-refractivity contribution in [3.63, 3.8) is 0 Å². The minimum atomic E-state index is -0.256. The second-order valence-electron chi connectivity index (χ2n) is 7.98. The Kier molecular flexibility index (Phi) is 5.55. The van der Waals surface area contributed by atoms with E-state index in [2.05, 4.69) is 27.0 Å². The van der Waals surface area contributed by atoms with Crippen LogP contribution in [0.3, 0.4) is 0 Å². The molecule has 4 rings (SSSR count). The molecule has 10 nitrogen and oxygen atoms in total. The van der Waals surface area contributed by atoms with E-state index in [1.165, 1.54) is 0 Å². The van der Waals surface area contributed by atoms with Gasteiger partial charge in [-0.15, -0.1) is 0 Å². The molecule has 0 bridgehead atoms. The number of rotatable bonds is 5. The summed E-state index contributed by atoms with van der Waals surface area (Å²) in [6.45, 7) is 9.40. The molecule has 2 N–H and O–H groups in total. The van der Waals surface area contributed by atoms with Gasteiger partial charge in [0.1, 0.15) is 24.5 Å². The number of nitrogens with zero attached hydrogens (tertiary/aromatic N) is 7. The number of aromatic nitrogens is 5. The number of carbonyl (C=O) groups is 1. The van der Waals surface area contributed by atoms with Gasteiger partial charge in [-0.1, -0.05) is 0 Å². The average molecular weight is 403 g/mol. The number of ether oxygens (including phenoxy) is 1. The number of anilines is 1. The fourth-order valence-electron chi connectivity index (χ4n) is 4.27. The maximum Gasteiger partial charge on any atom is 0.244 e. The smallest absolute Gasteiger partial charge is 0.244 e. The number of aryl methyl sites for hydroxylation is 2. The lowest BCUT2D eigenvalue weighted by Crippen LogP contribution is -2.58. The second kappa shape index (κ2) is 8.11. The Morgan fingerprint density at radius 1 is 1.28 bits per heavy atom. The number of amides is 1. The fraction of sp³-hybridized carbons (Fsp3) is 0.684. The Balaban J connectivity index is 1.33. The third-order valence-electron chi connectivity index (χ3n) is 5.95. The van der Waals surface area contributed by atoms with Gasteiger partial charge in [0.2, 0.25) is 5.91 Å².